The Balaban J connectivity index is 2.21. The fourth-order valence-corrected chi connectivity index (χ4v) is 3.28. The highest BCUT2D eigenvalue weighted by atomic mass is 35.5. The first-order chi connectivity index (χ1) is 6.64. The van der Waals surface area contributed by atoms with Gasteiger partial charge in [-0.25, -0.2) is 4.98 Å². The summed E-state index contributed by atoms with van der Waals surface area (Å²) >= 11 is 7.69. The summed E-state index contributed by atoms with van der Waals surface area (Å²) in [5.41, 5.74) is 1.31. The minimum atomic E-state index is 0.166. The second-order valence-corrected chi connectivity index (χ2v) is 5.54. The number of hydrogen-bond donors (Lipinski definition) is 0. The van der Waals surface area contributed by atoms with E-state index in [9.17, 15) is 0 Å². The van der Waals surface area contributed by atoms with Crippen LogP contribution < -0.4 is 4.74 Å². The highest BCUT2D eigenvalue weighted by molar-refractivity contribution is 7.11. The molecule has 2 unspecified atom stereocenters. The summed E-state index contributed by atoms with van der Waals surface area (Å²) in [5.74, 6) is 0. The number of methoxy groups -OCH3 is 1. The first-order valence-electron chi connectivity index (χ1n) is 4.78. The van der Waals surface area contributed by atoms with Gasteiger partial charge in [-0.05, 0) is 19.3 Å². The van der Waals surface area contributed by atoms with Crippen LogP contribution in [0.25, 0.3) is 0 Å². The van der Waals surface area contributed by atoms with Gasteiger partial charge in [0, 0.05) is 16.2 Å². The average Bonchev–Trinajstić information content (AvgIpc) is 2.73. The molecule has 0 radical (unpaired) electrons. The Kier molecular flexibility index (Phi) is 2.71. The van der Waals surface area contributed by atoms with Gasteiger partial charge in [-0.15, -0.1) is 11.6 Å². The number of nitrogens with zero attached hydrogens (tertiary/aromatic N) is 1. The van der Waals surface area contributed by atoms with Gasteiger partial charge in [0.05, 0.1) is 12.8 Å². The van der Waals surface area contributed by atoms with Crippen LogP contribution in [0.15, 0.2) is 5.38 Å². The Labute approximate surface area is 93.3 Å². The van der Waals surface area contributed by atoms with E-state index in [1.165, 1.54) is 0 Å². The second-order valence-electron chi connectivity index (χ2n) is 4.10. The lowest BCUT2D eigenvalue weighted by molar-refractivity contribution is 0.402. The van der Waals surface area contributed by atoms with Crippen LogP contribution in [0.1, 0.15) is 31.9 Å². The van der Waals surface area contributed by atoms with Crippen LogP contribution >= 0.6 is 22.9 Å². The summed E-state index contributed by atoms with van der Waals surface area (Å²) in [6, 6.07) is 0. The third kappa shape index (κ3) is 1.75. The van der Waals surface area contributed by atoms with E-state index in [0.717, 1.165) is 30.2 Å². The minimum absolute atomic E-state index is 0.166. The molecular weight excluding hydrogens is 218 g/mol. The van der Waals surface area contributed by atoms with Crippen LogP contribution in [0.2, 0.25) is 0 Å². The van der Waals surface area contributed by atoms with Crippen LogP contribution in [-0.4, -0.2) is 17.5 Å². The highest BCUT2D eigenvalue weighted by Gasteiger charge is 2.37. The molecule has 2 rings (SSSR count). The van der Waals surface area contributed by atoms with Gasteiger partial charge in [-0.2, -0.15) is 0 Å². The molecule has 1 saturated carbocycles. The van der Waals surface area contributed by atoms with Gasteiger partial charge in [0.1, 0.15) is 0 Å². The van der Waals surface area contributed by atoms with E-state index in [-0.39, 0.29) is 5.41 Å². The van der Waals surface area contributed by atoms with Gasteiger partial charge in [0.2, 0.25) is 0 Å². The lowest BCUT2D eigenvalue weighted by Crippen LogP contribution is -2.18. The van der Waals surface area contributed by atoms with E-state index in [0.29, 0.717) is 5.38 Å². The molecule has 0 spiro atoms. The maximum atomic E-state index is 6.13. The minimum Gasteiger partial charge on any atom is -0.473 e. The van der Waals surface area contributed by atoms with Crippen LogP contribution in [0.4, 0.5) is 0 Å². The van der Waals surface area contributed by atoms with E-state index in [2.05, 4.69) is 17.3 Å². The normalized spacial score (nSPS) is 32.1. The molecule has 1 aromatic heterocycles. The molecule has 0 amide bonds. The number of alkyl halides is 1. The second kappa shape index (κ2) is 3.70. The zero-order valence-corrected chi connectivity index (χ0v) is 9.99. The third-order valence-corrected chi connectivity index (χ3v) is 4.13. The molecule has 78 valence electrons. The average molecular weight is 232 g/mol. The number of halogens is 1. The van der Waals surface area contributed by atoms with Crippen molar-refractivity contribution in [3.63, 3.8) is 0 Å². The number of aromatic nitrogens is 1. The Morgan fingerprint density at radius 1 is 1.71 bits per heavy atom. The number of thiazole rings is 1. The smallest absolute Gasteiger partial charge is 0.273 e. The standard InChI is InChI=1S/C10H14ClNOS/c1-10(4-3-7(11)5-10)8-6-14-9(12-8)13-2/h6-7H,3-5H2,1-2H3. The molecule has 0 saturated heterocycles. The van der Waals surface area contributed by atoms with Crippen molar-refractivity contribution in [1.29, 1.82) is 0 Å². The van der Waals surface area contributed by atoms with Crippen molar-refractivity contribution >= 4 is 22.9 Å². The number of hydrogen-bond acceptors (Lipinski definition) is 3. The number of rotatable bonds is 2. The molecule has 2 atom stereocenters. The zero-order valence-electron chi connectivity index (χ0n) is 8.42. The molecule has 14 heavy (non-hydrogen) atoms. The SMILES string of the molecule is COc1nc(C2(C)CCC(Cl)C2)cs1. The van der Waals surface area contributed by atoms with Crippen molar-refractivity contribution < 1.29 is 4.74 Å². The zero-order chi connectivity index (χ0) is 10.2. The summed E-state index contributed by atoms with van der Waals surface area (Å²) in [4.78, 5) is 4.45. The van der Waals surface area contributed by atoms with Crippen molar-refractivity contribution in [3.8, 4) is 5.19 Å². The Morgan fingerprint density at radius 3 is 3.00 bits per heavy atom. The first kappa shape index (κ1) is 10.2. The van der Waals surface area contributed by atoms with E-state index >= 15 is 0 Å². The first-order valence-corrected chi connectivity index (χ1v) is 6.10. The molecule has 1 fully saturated rings. The molecule has 0 bridgehead atoms. The Bertz CT molecular complexity index is 328. The molecule has 1 aliphatic carbocycles. The van der Waals surface area contributed by atoms with E-state index in [1.54, 1.807) is 18.4 Å². The van der Waals surface area contributed by atoms with Crippen molar-refractivity contribution in [1.82, 2.24) is 4.98 Å². The summed E-state index contributed by atoms with van der Waals surface area (Å²) < 4.78 is 5.10. The lowest BCUT2D eigenvalue weighted by Gasteiger charge is -2.20. The summed E-state index contributed by atoms with van der Waals surface area (Å²) in [7, 11) is 1.66. The molecule has 2 nitrogen and oxygen atoms in total. The quantitative estimate of drug-likeness (QED) is 0.730. The van der Waals surface area contributed by atoms with Crippen molar-refractivity contribution in [3.05, 3.63) is 11.1 Å². The number of ether oxygens (including phenoxy) is 1. The monoisotopic (exact) mass is 231 g/mol. The summed E-state index contributed by atoms with van der Waals surface area (Å²) in [6.07, 6.45) is 3.26. The molecule has 0 N–H and O–H groups in total. The molecule has 0 aromatic carbocycles. The van der Waals surface area contributed by atoms with E-state index < -0.39 is 0 Å². The van der Waals surface area contributed by atoms with Crippen molar-refractivity contribution in [2.45, 2.75) is 37.0 Å². The van der Waals surface area contributed by atoms with Gasteiger partial charge in [-0.1, -0.05) is 18.3 Å². The maximum Gasteiger partial charge on any atom is 0.273 e. The van der Waals surface area contributed by atoms with Gasteiger partial charge >= 0.3 is 0 Å². The van der Waals surface area contributed by atoms with Crippen LogP contribution in [0.5, 0.6) is 5.19 Å². The van der Waals surface area contributed by atoms with Gasteiger partial charge in [0.15, 0.2) is 0 Å². The topological polar surface area (TPSA) is 22.1 Å². The van der Waals surface area contributed by atoms with Crippen LogP contribution in [-0.2, 0) is 5.41 Å². The highest BCUT2D eigenvalue weighted by Crippen LogP contribution is 2.43. The molecule has 1 heterocycles. The molecule has 1 aromatic rings. The van der Waals surface area contributed by atoms with E-state index in [4.69, 9.17) is 16.3 Å². The third-order valence-electron chi connectivity index (χ3n) is 2.96. The lowest BCUT2D eigenvalue weighted by atomic mass is 9.86. The fraction of sp³-hybridized carbons (Fsp3) is 0.700. The molecule has 0 aliphatic heterocycles. The summed E-state index contributed by atoms with van der Waals surface area (Å²) in [5, 5.41) is 3.15. The van der Waals surface area contributed by atoms with E-state index in [1.807, 2.05) is 0 Å². The summed E-state index contributed by atoms with van der Waals surface area (Å²) in [6.45, 7) is 2.24. The van der Waals surface area contributed by atoms with Gasteiger partial charge in [0.25, 0.3) is 5.19 Å². The Morgan fingerprint density at radius 2 is 2.50 bits per heavy atom. The van der Waals surface area contributed by atoms with Crippen molar-refractivity contribution in [2.75, 3.05) is 7.11 Å². The largest absolute Gasteiger partial charge is 0.473 e. The fourth-order valence-electron chi connectivity index (χ4n) is 2.03. The maximum absolute atomic E-state index is 6.13. The van der Waals surface area contributed by atoms with Crippen LogP contribution in [0.3, 0.4) is 0 Å². The Hall–Kier alpha value is -0.280. The predicted octanol–water partition coefficient (Wildman–Crippen LogP) is 3.20. The van der Waals surface area contributed by atoms with Gasteiger partial charge in [-0.3, -0.25) is 0 Å². The van der Waals surface area contributed by atoms with Crippen molar-refractivity contribution in [2.24, 2.45) is 0 Å². The molecule has 1 aliphatic rings. The molecular formula is C10H14ClNOS. The van der Waals surface area contributed by atoms with Crippen LogP contribution in [0, 0.1) is 0 Å². The predicted molar refractivity (Wildman–Crippen MR) is 59.5 cm³/mol. The van der Waals surface area contributed by atoms with Gasteiger partial charge < -0.3 is 4.74 Å². The molecule has 4 heteroatoms.